The summed E-state index contributed by atoms with van der Waals surface area (Å²) in [5.74, 6) is 1.74. The van der Waals surface area contributed by atoms with E-state index in [2.05, 4.69) is 15.3 Å². The van der Waals surface area contributed by atoms with Crippen molar-refractivity contribution >= 4 is 11.9 Å². The fourth-order valence-corrected chi connectivity index (χ4v) is 3.72. The molecule has 1 N–H and O–H groups in total. The molecule has 130 valence electrons. The number of benzene rings is 1. The molecule has 0 radical (unpaired) electrons. The minimum absolute atomic E-state index is 0.0796. The molecule has 6 heteroatoms. The van der Waals surface area contributed by atoms with Gasteiger partial charge < -0.3 is 15.0 Å². The van der Waals surface area contributed by atoms with Gasteiger partial charge in [-0.2, -0.15) is 4.98 Å². The zero-order valence-corrected chi connectivity index (χ0v) is 14.3. The number of rotatable bonds is 5. The van der Waals surface area contributed by atoms with Crippen LogP contribution in [0.2, 0.25) is 0 Å². The van der Waals surface area contributed by atoms with Gasteiger partial charge in [-0.3, -0.25) is 4.79 Å². The Morgan fingerprint density at radius 2 is 2.20 bits per heavy atom. The maximum Gasteiger partial charge on any atom is 0.226 e. The van der Waals surface area contributed by atoms with E-state index in [9.17, 15) is 4.79 Å². The van der Waals surface area contributed by atoms with Crippen molar-refractivity contribution < 1.29 is 9.53 Å². The lowest BCUT2D eigenvalue weighted by Crippen LogP contribution is -2.53. The molecule has 6 nitrogen and oxygen atoms in total. The van der Waals surface area contributed by atoms with E-state index < -0.39 is 0 Å². The van der Waals surface area contributed by atoms with Crippen molar-refractivity contribution in [3.63, 3.8) is 0 Å². The number of nitrogens with zero attached hydrogens (tertiary/aromatic N) is 3. The molecule has 1 saturated carbocycles. The standard InChI is InChI=1S/C19H22N4O2/c1-14(24)23-11-16-7-9-19(16,13-23)22-18-20-10-8-17(21-18)25-12-15-5-3-2-4-6-15/h2-6,8,10,16H,7,9,11-13H2,1H3,(H,20,21,22). The number of fused-ring (bicyclic) bond motifs is 1. The van der Waals surface area contributed by atoms with Gasteiger partial charge in [0.1, 0.15) is 6.61 Å². The Bertz CT molecular complexity index is 767. The number of hydrogen-bond donors (Lipinski definition) is 1. The molecular formula is C19H22N4O2. The van der Waals surface area contributed by atoms with Crippen molar-refractivity contribution in [3.05, 3.63) is 48.2 Å². The smallest absolute Gasteiger partial charge is 0.226 e. The second-order valence-corrected chi connectivity index (χ2v) is 6.91. The first-order valence-corrected chi connectivity index (χ1v) is 8.68. The number of hydrogen-bond acceptors (Lipinski definition) is 5. The molecule has 25 heavy (non-hydrogen) atoms. The predicted octanol–water partition coefficient (Wildman–Crippen LogP) is 2.48. The fourth-order valence-electron chi connectivity index (χ4n) is 3.72. The van der Waals surface area contributed by atoms with Crippen molar-refractivity contribution in [2.45, 2.75) is 31.9 Å². The topological polar surface area (TPSA) is 67.4 Å². The lowest BCUT2D eigenvalue weighted by atomic mass is 9.69. The molecule has 2 heterocycles. The number of aromatic nitrogens is 2. The first-order valence-electron chi connectivity index (χ1n) is 8.68. The molecule has 2 atom stereocenters. The molecule has 1 aliphatic heterocycles. The van der Waals surface area contributed by atoms with Crippen LogP contribution < -0.4 is 10.1 Å². The number of ether oxygens (including phenoxy) is 1. The highest BCUT2D eigenvalue weighted by Gasteiger charge is 2.54. The molecule has 2 fully saturated rings. The van der Waals surface area contributed by atoms with Crippen molar-refractivity contribution in [2.75, 3.05) is 18.4 Å². The molecule has 1 amide bonds. The van der Waals surface area contributed by atoms with Crippen LogP contribution in [0.3, 0.4) is 0 Å². The molecule has 1 aromatic heterocycles. The van der Waals surface area contributed by atoms with Crippen LogP contribution in [0.4, 0.5) is 5.95 Å². The summed E-state index contributed by atoms with van der Waals surface area (Å²) in [5, 5.41) is 3.48. The van der Waals surface area contributed by atoms with Crippen LogP contribution in [0.5, 0.6) is 5.88 Å². The van der Waals surface area contributed by atoms with Crippen LogP contribution in [-0.2, 0) is 11.4 Å². The van der Waals surface area contributed by atoms with E-state index in [1.807, 2.05) is 35.2 Å². The van der Waals surface area contributed by atoms with Crippen molar-refractivity contribution in [1.29, 1.82) is 0 Å². The van der Waals surface area contributed by atoms with E-state index in [-0.39, 0.29) is 11.4 Å². The van der Waals surface area contributed by atoms with Gasteiger partial charge in [0.05, 0.1) is 5.54 Å². The summed E-state index contributed by atoms with van der Waals surface area (Å²) < 4.78 is 5.78. The van der Waals surface area contributed by atoms with Gasteiger partial charge in [-0.1, -0.05) is 30.3 Å². The lowest BCUT2D eigenvalue weighted by molar-refractivity contribution is -0.127. The van der Waals surface area contributed by atoms with E-state index in [1.54, 1.807) is 19.2 Å². The molecule has 0 spiro atoms. The number of nitrogens with one attached hydrogen (secondary N) is 1. The van der Waals surface area contributed by atoms with E-state index in [4.69, 9.17) is 4.74 Å². The maximum atomic E-state index is 11.7. The third-order valence-electron chi connectivity index (χ3n) is 5.30. The van der Waals surface area contributed by atoms with Crippen LogP contribution in [0.1, 0.15) is 25.3 Å². The fraction of sp³-hybridized carbons (Fsp3) is 0.421. The highest BCUT2D eigenvalue weighted by molar-refractivity contribution is 5.74. The summed E-state index contributed by atoms with van der Waals surface area (Å²) in [6, 6.07) is 11.8. The molecule has 4 rings (SSSR count). The Kier molecular flexibility index (Phi) is 4.03. The second kappa shape index (κ2) is 6.35. The van der Waals surface area contributed by atoms with E-state index >= 15 is 0 Å². The molecule has 2 unspecified atom stereocenters. The summed E-state index contributed by atoms with van der Waals surface area (Å²) in [5.41, 5.74) is 1.02. The summed E-state index contributed by atoms with van der Waals surface area (Å²) >= 11 is 0. The van der Waals surface area contributed by atoms with Gasteiger partial charge in [0.25, 0.3) is 0 Å². The second-order valence-electron chi connectivity index (χ2n) is 6.91. The Morgan fingerprint density at radius 1 is 1.36 bits per heavy atom. The number of likely N-dealkylation sites (tertiary alicyclic amines) is 1. The quantitative estimate of drug-likeness (QED) is 0.907. The minimum Gasteiger partial charge on any atom is -0.473 e. The summed E-state index contributed by atoms with van der Waals surface area (Å²) in [7, 11) is 0. The summed E-state index contributed by atoms with van der Waals surface area (Å²) in [6.07, 6.45) is 3.89. The third kappa shape index (κ3) is 3.16. The molecule has 1 saturated heterocycles. The van der Waals surface area contributed by atoms with Crippen molar-refractivity contribution in [1.82, 2.24) is 14.9 Å². The van der Waals surface area contributed by atoms with Gasteiger partial charge in [-0.15, -0.1) is 0 Å². The van der Waals surface area contributed by atoms with Crippen LogP contribution >= 0.6 is 0 Å². The average Bonchev–Trinajstić information content (AvgIpc) is 2.86. The van der Waals surface area contributed by atoms with Crippen LogP contribution in [0, 0.1) is 5.92 Å². The molecule has 2 aromatic rings. The van der Waals surface area contributed by atoms with E-state index in [1.165, 1.54) is 0 Å². The average molecular weight is 338 g/mol. The first kappa shape index (κ1) is 15.9. The number of anilines is 1. The van der Waals surface area contributed by atoms with Gasteiger partial charge in [0.15, 0.2) is 0 Å². The Balaban J connectivity index is 1.43. The first-order chi connectivity index (χ1) is 12.1. The molecule has 1 aromatic carbocycles. The molecule has 1 aliphatic carbocycles. The van der Waals surface area contributed by atoms with Gasteiger partial charge in [0.2, 0.25) is 17.7 Å². The van der Waals surface area contributed by atoms with Crippen LogP contribution in [-0.4, -0.2) is 39.4 Å². The highest BCUT2D eigenvalue weighted by atomic mass is 16.5. The zero-order valence-electron chi connectivity index (χ0n) is 14.3. The van der Waals surface area contributed by atoms with Crippen LogP contribution in [0.15, 0.2) is 42.6 Å². The monoisotopic (exact) mass is 338 g/mol. The van der Waals surface area contributed by atoms with Crippen LogP contribution in [0.25, 0.3) is 0 Å². The summed E-state index contributed by atoms with van der Waals surface area (Å²) in [4.78, 5) is 22.4. The summed E-state index contributed by atoms with van der Waals surface area (Å²) in [6.45, 7) is 3.66. The number of carbonyl (C=O) groups excluding carboxylic acids is 1. The van der Waals surface area contributed by atoms with Gasteiger partial charge in [0, 0.05) is 38.2 Å². The largest absolute Gasteiger partial charge is 0.473 e. The number of amides is 1. The Hall–Kier alpha value is -2.63. The molecule has 0 bridgehead atoms. The van der Waals surface area contributed by atoms with Gasteiger partial charge >= 0.3 is 0 Å². The van der Waals surface area contributed by atoms with Crippen molar-refractivity contribution in [3.8, 4) is 5.88 Å². The van der Waals surface area contributed by atoms with E-state index in [0.717, 1.165) is 31.5 Å². The molecular weight excluding hydrogens is 316 g/mol. The normalized spacial score (nSPS) is 24.4. The number of carbonyl (C=O) groups is 1. The lowest BCUT2D eigenvalue weighted by Gasteiger charge is -2.44. The highest BCUT2D eigenvalue weighted by Crippen LogP contribution is 2.46. The Morgan fingerprint density at radius 3 is 2.92 bits per heavy atom. The van der Waals surface area contributed by atoms with Crippen molar-refractivity contribution in [2.24, 2.45) is 5.92 Å². The maximum absolute atomic E-state index is 11.7. The third-order valence-corrected chi connectivity index (χ3v) is 5.30. The van der Waals surface area contributed by atoms with Gasteiger partial charge in [-0.25, -0.2) is 4.98 Å². The zero-order chi connectivity index (χ0) is 17.3. The Labute approximate surface area is 147 Å². The minimum atomic E-state index is -0.0796. The van der Waals surface area contributed by atoms with E-state index in [0.29, 0.717) is 24.4 Å². The SMILES string of the molecule is CC(=O)N1CC2CCC2(Nc2nccc(OCc3ccccc3)n2)C1. The van der Waals surface area contributed by atoms with Gasteiger partial charge in [-0.05, 0) is 18.4 Å². The predicted molar refractivity (Wildman–Crippen MR) is 94.1 cm³/mol. The molecule has 2 aliphatic rings.